The van der Waals surface area contributed by atoms with E-state index in [4.69, 9.17) is 0 Å². The highest BCUT2D eigenvalue weighted by molar-refractivity contribution is 8.19. The topological polar surface area (TPSA) is 64.0 Å². The first kappa shape index (κ1) is 17.2. The van der Waals surface area contributed by atoms with E-state index >= 15 is 0 Å². The zero-order chi connectivity index (χ0) is 17.9. The third kappa shape index (κ3) is 3.64. The van der Waals surface area contributed by atoms with Crippen molar-refractivity contribution in [3.05, 3.63) is 70.8 Å². The summed E-state index contributed by atoms with van der Waals surface area (Å²) in [6.07, 6.45) is 1.42. The third-order valence-electron chi connectivity index (χ3n) is 4.11. The molecule has 0 saturated carbocycles. The lowest BCUT2D eigenvalue weighted by Crippen LogP contribution is -2.27. The zero-order valence-corrected chi connectivity index (χ0v) is 15.6. The summed E-state index contributed by atoms with van der Waals surface area (Å²) in [4.78, 5) is 29.1. The van der Waals surface area contributed by atoms with Gasteiger partial charge in [-0.2, -0.15) is 0 Å². The molecule has 0 spiro atoms. The summed E-state index contributed by atoms with van der Waals surface area (Å²) in [7, 11) is 0. The monoisotopic (exact) mass is 383 g/mol. The molecule has 1 aliphatic rings. The second kappa shape index (κ2) is 7.55. The van der Waals surface area contributed by atoms with Gasteiger partial charge in [0, 0.05) is 17.2 Å². The molecule has 1 N–H and O–H groups in total. The van der Waals surface area contributed by atoms with E-state index in [-0.39, 0.29) is 18.0 Å². The molecule has 0 radical (unpaired) electrons. The highest BCUT2D eigenvalue weighted by Crippen LogP contribution is 2.45. The molecule has 0 atom stereocenters. The molecule has 5 nitrogen and oxygen atoms in total. The van der Waals surface area contributed by atoms with Crippen LogP contribution in [0, 0.1) is 0 Å². The standard InChI is InChI=1S/C19H17N3O2S2/c23-17(11-22-12-20-16-7-2-1-6-15(16)18(22)24)21-14-5-3-4-13(10-14)19-25-8-9-26-19/h1-7,10,12,19H,8-9,11H2,(H,21,23). The van der Waals surface area contributed by atoms with Crippen LogP contribution in [0.15, 0.2) is 59.7 Å². The highest BCUT2D eigenvalue weighted by atomic mass is 32.2. The van der Waals surface area contributed by atoms with Gasteiger partial charge in [0.15, 0.2) is 0 Å². The maximum Gasteiger partial charge on any atom is 0.261 e. The summed E-state index contributed by atoms with van der Waals surface area (Å²) >= 11 is 3.85. The van der Waals surface area contributed by atoms with Crippen molar-refractivity contribution in [2.45, 2.75) is 11.1 Å². The summed E-state index contributed by atoms with van der Waals surface area (Å²) in [5, 5.41) is 3.40. The molecule has 26 heavy (non-hydrogen) atoms. The van der Waals surface area contributed by atoms with E-state index in [1.54, 1.807) is 18.2 Å². The first-order valence-corrected chi connectivity index (χ1v) is 10.4. The SMILES string of the molecule is O=C(Cn1cnc2ccccc2c1=O)Nc1cccc(C2SCCS2)c1. The van der Waals surface area contributed by atoms with Crippen LogP contribution in [0.25, 0.3) is 10.9 Å². The third-order valence-corrected chi connectivity index (χ3v) is 7.21. The average Bonchev–Trinajstić information content (AvgIpc) is 3.19. The van der Waals surface area contributed by atoms with Crippen LogP contribution in [-0.2, 0) is 11.3 Å². The first-order chi connectivity index (χ1) is 12.7. The fourth-order valence-corrected chi connectivity index (χ4v) is 5.73. The van der Waals surface area contributed by atoms with Crippen molar-refractivity contribution in [2.24, 2.45) is 0 Å². The molecule has 7 heteroatoms. The number of nitrogens with zero attached hydrogens (tertiary/aromatic N) is 2. The number of aromatic nitrogens is 2. The average molecular weight is 383 g/mol. The minimum Gasteiger partial charge on any atom is -0.325 e. The number of benzene rings is 2. The van der Waals surface area contributed by atoms with Crippen LogP contribution >= 0.6 is 23.5 Å². The molecule has 132 valence electrons. The minimum atomic E-state index is -0.243. The minimum absolute atomic E-state index is 0.0617. The molecule has 3 aromatic rings. The molecule has 1 amide bonds. The molecule has 2 heterocycles. The second-order valence-electron chi connectivity index (χ2n) is 5.94. The summed E-state index contributed by atoms with van der Waals surface area (Å²) in [6.45, 7) is -0.0617. The van der Waals surface area contributed by atoms with Gasteiger partial charge in [-0.15, -0.1) is 23.5 Å². The Morgan fingerprint density at radius 3 is 2.81 bits per heavy atom. The van der Waals surface area contributed by atoms with Crippen LogP contribution in [-0.4, -0.2) is 27.0 Å². The van der Waals surface area contributed by atoms with E-state index in [1.165, 1.54) is 16.5 Å². The van der Waals surface area contributed by atoms with Crippen molar-refractivity contribution < 1.29 is 4.79 Å². The van der Waals surface area contributed by atoms with Crippen LogP contribution < -0.4 is 10.9 Å². The van der Waals surface area contributed by atoms with Gasteiger partial charge >= 0.3 is 0 Å². The number of amides is 1. The maximum atomic E-state index is 12.5. The molecule has 1 saturated heterocycles. The van der Waals surface area contributed by atoms with Crippen LogP contribution in [0.4, 0.5) is 5.69 Å². The number of para-hydroxylation sites is 1. The van der Waals surface area contributed by atoms with Crippen molar-refractivity contribution in [1.29, 1.82) is 0 Å². The van der Waals surface area contributed by atoms with Gasteiger partial charge in [0.2, 0.25) is 5.91 Å². The summed E-state index contributed by atoms with van der Waals surface area (Å²) in [6, 6.07) is 15.0. The van der Waals surface area contributed by atoms with E-state index in [2.05, 4.69) is 16.4 Å². The van der Waals surface area contributed by atoms with Crippen molar-refractivity contribution in [2.75, 3.05) is 16.8 Å². The Balaban J connectivity index is 1.50. The lowest BCUT2D eigenvalue weighted by molar-refractivity contribution is -0.116. The summed E-state index contributed by atoms with van der Waals surface area (Å²) < 4.78 is 1.77. The Morgan fingerprint density at radius 1 is 1.15 bits per heavy atom. The summed E-state index contributed by atoms with van der Waals surface area (Å²) in [5.41, 5.74) is 2.38. The van der Waals surface area contributed by atoms with E-state index in [9.17, 15) is 9.59 Å². The van der Waals surface area contributed by atoms with Gasteiger partial charge in [0.1, 0.15) is 6.54 Å². The normalized spacial score (nSPS) is 14.6. The summed E-state index contributed by atoms with van der Waals surface area (Å²) in [5.74, 6) is 2.07. The fourth-order valence-electron chi connectivity index (χ4n) is 2.89. The van der Waals surface area contributed by atoms with E-state index < -0.39 is 0 Å². The van der Waals surface area contributed by atoms with E-state index in [1.807, 2.05) is 47.8 Å². The number of fused-ring (bicyclic) bond motifs is 1. The number of rotatable bonds is 4. The predicted octanol–water partition coefficient (Wildman–Crippen LogP) is 3.51. The number of carbonyl (C=O) groups excluding carboxylic acids is 1. The Kier molecular flexibility index (Phi) is 4.99. The molecule has 1 aromatic heterocycles. The van der Waals surface area contributed by atoms with Gasteiger partial charge in [-0.05, 0) is 29.8 Å². The Bertz CT molecular complexity index is 1010. The Labute approximate surface area is 159 Å². The largest absolute Gasteiger partial charge is 0.325 e. The molecule has 0 aliphatic carbocycles. The van der Waals surface area contributed by atoms with Gasteiger partial charge in [-0.3, -0.25) is 14.2 Å². The van der Waals surface area contributed by atoms with Gasteiger partial charge in [-0.25, -0.2) is 4.98 Å². The zero-order valence-electron chi connectivity index (χ0n) is 13.9. The first-order valence-electron chi connectivity index (χ1n) is 8.28. The van der Waals surface area contributed by atoms with E-state index in [0.29, 0.717) is 15.5 Å². The van der Waals surface area contributed by atoms with Gasteiger partial charge in [0.05, 0.1) is 21.8 Å². The van der Waals surface area contributed by atoms with Crippen molar-refractivity contribution >= 4 is 46.0 Å². The lowest BCUT2D eigenvalue weighted by Gasteiger charge is -2.12. The second-order valence-corrected chi connectivity index (χ2v) is 8.67. The van der Waals surface area contributed by atoms with Crippen LogP contribution in [0.2, 0.25) is 0 Å². The van der Waals surface area contributed by atoms with Crippen molar-refractivity contribution in [1.82, 2.24) is 9.55 Å². The predicted molar refractivity (Wildman–Crippen MR) is 109 cm³/mol. The number of hydrogen-bond donors (Lipinski definition) is 1. The Hall–Kier alpha value is -2.25. The molecule has 1 aliphatic heterocycles. The van der Waals surface area contributed by atoms with Gasteiger partial charge < -0.3 is 5.32 Å². The quantitative estimate of drug-likeness (QED) is 0.747. The smallest absolute Gasteiger partial charge is 0.261 e. The van der Waals surface area contributed by atoms with Crippen molar-refractivity contribution in [3.8, 4) is 0 Å². The molecule has 2 aromatic carbocycles. The molecular formula is C19H17N3O2S2. The molecule has 0 bridgehead atoms. The maximum absolute atomic E-state index is 12.5. The number of carbonyl (C=O) groups is 1. The molecule has 4 rings (SSSR count). The fraction of sp³-hybridized carbons (Fsp3) is 0.211. The highest BCUT2D eigenvalue weighted by Gasteiger charge is 2.18. The van der Waals surface area contributed by atoms with E-state index in [0.717, 1.165) is 17.2 Å². The number of thioether (sulfide) groups is 2. The number of nitrogens with one attached hydrogen (secondary N) is 1. The Morgan fingerprint density at radius 2 is 1.96 bits per heavy atom. The lowest BCUT2D eigenvalue weighted by atomic mass is 10.2. The molecule has 1 fully saturated rings. The number of anilines is 1. The van der Waals surface area contributed by atoms with Gasteiger partial charge in [-0.1, -0.05) is 24.3 Å². The van der Waals surface area contributed by atoms with Crippen molar-refractivity contribution in [3.63, 3.8) is 0 Å². The molecule has 0 unspecified atom stereocenters. The van der Waals surface area contributed by atoms with Crippen LogP contribution in [0.1, 0.15) is 10.1 Å². The van der Waals surface area contributed by atoms with Gasteiger partial charge in [0.25, 0.3) is 5.56 Å². The molecular weight excluding hydrogens is 366 g/mol. The van der Waals surface area contributed by atoms with Crippen LogP contribution in [0.3, 0.4) is 0 Å². The number of hydrogen-bond acceptors (Lipinski definition) is 5. The van der Waals surface area contributed by atoms with Crippen LogP contribution in [0.5, 0.6) is 0 Å².